The third-order valence-electron chi connectivity index (χ3n) is 6.12. The summed E-state index contributed by atoms with van der Waals surface area (Å²) in [6, 6.07) is 17.4. The lowest BCUT2D eigenvalue weighted by Gasteiger charge is -2.31. The number of fused-ring (bicyclic) bond motifs is 2. The summed E-state index contributed by atoms with van der Waals surface area (Å²) in [7, 11) is 0. The van der Waals surface area contributed by atoms with E-state index in [1.54, 1.807) is 13.0 Å². The number of amidine groups is 1. The fourth-order valence-corrected chi connectivity index (χ4v) is 4.62. The Kier molecular flexibility index (Phi) is 4.69. The molecule has 5 rings (SSSR count). The zero-order valence-electron chi connectivity index (χ0n) is 19.1. The molecule has 6 nitrogen and oxygen atoms in total. The molecule has 0 unspecified atom stereocenters. The molecule has 34 heavy (non-hydrogen) atoms. The maximum absolute atomic E-state index is 13.2. The maximum Gasteiger partial charge on any atom is 0.259 e. The number of amides is 1. The van der Waals surface area contributed by atoms with Gasteiger partial charge in [-0.1, -0.05) is 49.6 Å². The van der Waals surface area contributed by atoms with Crippen LogP contribution in [0.5, 0.6) is 0 Å². The fourth-order valence-electron chi connectivity index (χ4n) is 4.62. The number of rotatable bonds is 3. The second-order valence-electron chi connectivity index (χ2n) is 8.68. The summed E-state index contributed by atoms with van der Waals surface area (Å²) in [6.45, 7) is 11.4. The molecule has 4 aromatic rings. The predicted molar refractivity (Wildman–Crippen MR) is 144 cm³/mol. The van der Waals surface area contributed by atoms with Crippen molar-refractivity contribution in [2.75, 3.05) is 22.1 Å². The van der Waals surface area contributed by atoms with Crippen molar-refractivity contribution >= 4 is 61.7 Å². The highest BCUT2D eigenvalue weighted by Crippen LogP contribution is 2.52. The number of hydrogen-bond donors (Lipinski definition) is 3. The van der Waals surface area contributed by atoms with Gasteiger partial charge in [0.05, 0.1) is 11.4 Å². The molecule has 0 aliphatic carbocycles. The summed E-state index contributed by atoms with van der Waals surface area (Å²) in [5.41, 5.74) is 25.4. The molecular formula is C28H25N5O. The Morgan fingerprint density at radius 2 is 1.62 bits per heavy atom. The first-order chi connectivity index (χ1) is 16.2. The first kappa shape index (κ1) is 21.3. The average Bonchev–Trinajstić information content (AvgIpc) is 2.81. The Labute approximate surface area is 197 Å². The summed E-state index contributed by atoms with van der Waals surface area (Å²) < 4.78 is 0. The van der Waals surface area contributed by atoms with Gasteiger partial charge in [0.15, 0.2) is 0 Å². The number of anilines is 4. The van der Waals surface area contributed by atoms with Gasteiger partial charge in [0.25, 0.3) is 5.91 Å². The summed E-state index contributed by atoms with van der Waals surface area (Å²) in [4.78, 5) is 19.7. The van der Waals surface area contributed by atoms with E-state index in [-0.39, 0.29) is 5.91 Å². The zero-order valence-corrected chi connectivity index (χ0v) is 19.1. The van der Waals surface area contributed by atoms with E-state index in [0.29, 0.717) is 50.8 Å². The van der Waals surface area contributed by atoms with Crippen LogP contribution in [0, 0.1) is 0 Å². The number of aliphatic imine (C=N–C) groups is 1. The molecule has 1 aliphatic rings. The van der Waals surface area contributed by atoms with Gasteiger partial charge in [-0.3, -0.25) is 9.69 Å². The summed E-state index contributed by atoms with van der Waals surface area (Å²) in [5.74, 6) is 0.131. The van der Waals surface area contributed by atoms with Crippen LogP contribution in [0.3, 0.4) is 0 Å². The lowest BCUT2D eigenvalue weighted by atomic mass is 9.89. The smallest absolute Gasteiger partial charge is 0.259 e. The van der Waals surface area contributed by atoms with Gasteiger partial charge >= 0.3 is 0 Å². The molecule has 0 saturated carbocycles. The molecule has 0 saturated heterocycles. The van der Waals surface area contributed by atoms with Crippen LogP contribution in [0.15, 0.2) is 83.9 Å². The van der Waals surface area contributed by atoms with Gasteiger partial charge in [0.1, 0.15) is 5.84 Å². The van der Waals surface area contributed by atoms with Crippen molar-refractivity contribution in [2.24, 2.45) is 4.99 Å². The van der Waals surface area contributed by atoms with Crippen molar-refractivity contribution in [1.29, 1.82) is 0 Å². The van der Waals surface area contributed by atoms with Crippen molar-refractivity contribution in [3.63, 3.8) is 0 Å². The molecule has 168 valence electrons. The minimum atomic E-state index is -0.288. The molecule has 1 aliphatic heterocycles. The third kappa shape index (κ3) is 2.96. The maximum atomic E-state index is 13.2. The Hall–Kier alpha value is -4.58. The van der Waals surface area contributed by atoms with E-state index in [2.05, 4.69) is 13.2 Å². The minimum Gasteiger partial charge on any atom is -0.399 e. The second-order valence-corrected chi connectivity index (χ2v) is 8.68. The van der Waals surface area contributed by atoms with E-state index in [1.165, 1.54) is 4.90 Å². The number of hydrogen-bond acceptors (Lipinski definition) is 5. The Morgan fingerprint density at radius 3 is 2.26 bits per heavy atom. The monoisotopic (exact) mass is 447 g/mol. The van der Waals surface area contributed by atoms with E-state index < -0.39 is 0 Å². The van der Waals surface area contributed by atoms with Gasteiger partial charge in [-0.05, 0) is 48.7 Å². The average molecular weight is 448 g/mol. The quantitative estimate of drug-likeness (QED) is 0.205. The van der Waals surface area contributed by atoms with Gasteiger partial charge in [-0.2, -0.15) is 0 Å². The van der Waals surface area contributed by atoms with Crippen LogP contribution in [0.2, 0.25) is 0 Å². The van der Waals surface area contributed by atoms with Crippen LogP contribution < -0.4 is 22.1 Å². The molecule has 0 atom stereocenters. The van der Waals surface area contributed by atoms with E-state index in [0.717, 1.165) is 27.3 Å². The largest absolute Gasteiger partial charge is 0.399 e. The summed E-state index contributed by atoms with van der Waals surface area (Å²) in [5, 5.41) is 2.97. The van der Waals surface area contributed by atoms with Crippen LogP contribution in [-0.2, 0) is 4.79 Å². The number of benzene rings is 4. The van der Waals surface area contributed by atoms with Crippen molar-refractivity contribution in [3.8, 4) is 11.1 Å². The fraction of sp³-hybridized carbons (Fsp3) is 0.0714. The molecule has 1 heterocycles. The molecule has 6 heteroatoms. The Balaban J connectivity index is 2.03. The number of nitrogen functional groups attached to an aromatic ring is 3. The highest BCUT2D eigenvalue weighted by molar-refractivity contribution is 6.37. The molecule has 0 fully saturated rings. The first-order valence-electron chi connectivity index (χ1n) is 10.9. The van der Waals surface area contributed by atoms with Crippen molar-refractivity contribution in [2.45, 2.75) is 13.8 Å². The van der Waals surface area contributed by atoms with Gasteiger partial charge in [-0.25, -0.2) is 4.99 Å². The van der Waals surface area contributed by atoms with Crippen LogP contribution in [0.1, 0.15) is 13.8 Å². The van der Waals surface area contributed by atoms with E-state index in [9.17, 15) is 4.79 Å². The molecule has 0 spiro atoms. The Bertz CT molecular complexity index is 1600. The number of nitrogens with zero attached hydrogens (tertiary/aromatic N) is 2. The standard InChI is InChI=1S/C28H25N5O/c1-14(2)27-32-26-22-19(12-17(29)13-21(22)33(27)28(34)15(3)4)25(31)23-18(10-11-20(30)24(23)26)16-8-6-5-7-9-16/h5-13H,1,3,29-31H2,2,4H3. The lowest BCUT2D eigenvalue weighted by molar-refractivity contribution is -0.114. The van der Waals surface area contributed by atoms with Crippen LogP contribution in [0.25, 0.3) is 32.7 Å². The van der Waals surface area contributed by atoms with Gasteiger partial charge in [-0.15, -0.1) is 0 Å². The molecule has 6 N–H and O–H groups in total. The van der Waals surface area contributed by atoms with Crippen molar-refractivity contribution in [1.82, 2.24) is 0 Å². The van der Waals surface area contributed by atoms with Gasteiger partial charge in [0, 0.05) is 44.2 Å². The Morgan fingerprint density at radius 1 is 0.912 bits per heavy atom. The first-order valence-corrected chi connectivity index (χ1v) is 10.9. The predicted octanol–water partition coefficient (Wildman–Crippen LogP) is 5.94. The zero-order chi connectivity index (χ0) is 24.3. The van der Waals surface area contributed by atoms with Crippen LogP contribution in [0.4, 0.5) is 28.4 Å². The second kappa shape index (κ2) is 7.49. The lowest BCUT2D eigenvalue weighted by Crippen LogP contribution is -2.39. The van der Waals surface area contributed by atoms with E-state index >= 15 is 0 Å². The molecule has 0 bridgehead atoms. The van der Waals surface area contributed by atoms with E-state index in [4.69, 9.17) is 22.2 Å². The molecule has 0 aromatic heterocycles. The minimum absolute atomic E-state index is 0.288. The molecule has 1 amide bonds. The third-order valence-corrected chi connectivity index (χ3v) is 6.12. The normalized spacial score (nSPS) is 12.6. The topological polar surface area (TPSA) is 111 Å². The number of carbonyl (C=O) groups excluding carboxylic acids is 1. The highest BCUT2D eigenvalue weighted by atomic mass is 16.2. The highest BCUT2D eigenvalue weighted by Gasteiger charge is 2.32. The number of nitrogens with two attached hydrogens (primary N) is 3. The SMILES string of the molecule is C=C(C)C(=O)N1C(C(=C)C)=Nc2c3c1cc(N)cc3c(N)c1c(-c3ccccc3)ccc(N)c21. The molecular weight excluding hydrogens is 422 g/mol. The number of carbonyl (C=O) groups is 1. The molecule has 0 radical (unpaired) electrons. The van der Waals surface area contributed by atoms with Gasteiger partial charge < -0.3 is 17.2 Å². The van der Waals surface area contributed by atoms with Crippen molar-refractivity contribution in [3.05, 3.63) is 78.9 Å². The van der Waals surface area contributed by atoms with Crippen LogP contribution in [-0.4, -0.2) is 11.7 Å². The molecule has 4 aromatic carbocycles. The van der Waals surface area contributed by atoms with E-state index in [1.807, 2.05) is 55.5 Å². The summed E-state index contributed by atoms with van der Waals surface area (Å²) in [6.07, 6.45) is 0. The summed E-state index contributed by atoms with van der Waals surface area (Å²) >= 11 is 0. The van der Waals surface area contributed by atoms with Crippen molar-refractivity contribution < 1.29 is 4.79 Å². The van der Waals surface area contributed by atoms with Crippen LogP contribution >= 0.6 is 0 Å². The van der Waals surface area contributed by atoms with Gasteiger partial charge in [0.2, 0.25) is 0 Å².